The highest BCUT2D eigenvalue weighted by molar-refractivity contribution is 8.23. The average molecular weight is 276 g/mol. The monoisotopic (exact) mass is 276 g/mol. The molecule has 0 N–H and O–H groups in total. The van der Waals surface area contributed by atoms with E-state index in [1.807, 2.05) is 18.2 Å². The molecule has 0 amide bonds. The molecule has 2 aromatic rings. The molecule has 2 rings (SSSR count). The lowest BCUT2D eigenvalue weighted by molar-refractivity contribution is 0.475. The molecule has 0 radical (unpaired) electrons. The smallest absolute Gasteiger partial charge is 0.165 e. The van der Waals surface area contributed by atoms with E-state index in [2.05, 4.69) is 31.2 Å². The van der Waals surface area contributed by atoms with E-state index in [9.17, 15) is 0 Å². The molecule has 3 heteroatoms. The van der Waals surface area contributed by atoms with Gasteiger partial charge in [0.25, 0.3) is 0 Å². The number of thioether (sulfide) groups is 1. The highest BCUT2D eigenvalue weighted by Crippen LogP contribution is 2.26. The van der Waals surface area contributed by atoms with Crippen LogP contribution in [-0.2, 0) is 6.42 Å². The number of benzene rings is 1. The van der Waals surface area contributed by atoms with Crippen molar-refractivity contribution in [2.45, 2.75) is 24.9 Å². The Labute approximate surface area is 118 Å². The van der Waals surface area contributed by atoms with Crippen molar-refractivity contribution in [3.8, 4) is 0 Å². The van der Waals surface area contributed by atoms with Crippen LogP contribution >= 0.6 is 24.0 Å². The first-order valence-corrected chi connectivity index (χ1v) is 7.27. The van der Waals surface area contributed by atoms with Crippen molar-refractivity contribution in [1.82, 2.24) is 0 Å². The molecule has 0 spiro atoms. The molecule has 18 heavy (non-hydrogen) atoms. The van der Waals surface area contributed by atoms with Gasteiger partial charge in [-0.1, -0.05) is 49.5 Å². The van der Waals surface area contributed by atoms with E-state index in [-0.39, 0.29) is 0 Å². The summed E-state index contributed by atoms with van der Waals surface area (Å²) >= 11 is 7.00. The van der Waals surface area contributed by atoms with Crippen LogP contribution in [0.15, 0.2) is 58.2 Å². The lowest BCUT2D eigenvalue weighted by Gasteiger charge is -2.11. The standard InChI is InChI=1S/C15H16OS2/c1-12(9-10-13-6-3-2-4-7-13)15(17)18-14-8-5-11-16-14/h2-8,11-12H,9-10H2,1H3. The highest BCUT2D eigenvalue weighted by atomic mass is 32.2. The summed E-state index contributed by atoms with van der Waals surface area (Å²) in [5.41, 5.74) is 1.37. The topological polar surface area (TPSA) is 13.1 Å². The second-order valence-electron chi connectivity index (χ2n) is 4.28. The predicted molar refractivity (Wildman–Crippen MR) is 81.1 cm³/mol. The normalized spacial score (nSPS) is 12.3. The number of rotatable bonds is 5. The maximum atomic E-state index is 5.44. The molecule has 1 nitrogen and oxygen atoms in total. The Balaban J connectivity index is 1.81. The van der Waals surface area contributed by atoms with E-state index in [0.29, 0.717) is 5.92 Å². The van der Waals surface area contributed by atoms with Crippen LogP contribution in [0.5, 0.6) is 0 Å². The highest BCUT2D eigenvalue weighted by Gasteiger charge is 2.11. The van der Waals surface area contributed by atoms with Crippen molar-refractivity contribution in [2.24, 2.45) is 5.92 Å². The van der Waals surface area contributed by atoms with Crippen LogP contribution < -0.4 is 0 Å². The number of furan rings is 1. The molecule has 0 aliphatic heterocycles. The molecule has 1 heterocycles. The van der Waals surface area contributed by atoms with E-state index < -0.39 is 0 Å². The molecule has 0 bridgehead atoms. The van der Waals surface area contributed by atoms with Gasteiger partial charge in [0.05, 0.1) is 10.5 Å². The largest absolute Gasteiger partial charge is 0.458 e. The maximum absolute atomic E-state index is 5.44. The van der Waals surface area contributed by atoms with Crippen LogP contribution in [0.2, 0.25) is 0 Å². The van der Waals surface area contributed by atoms with E-state index in [4.69, 9.17) is 16.6 Å². The number of hydrogen-bond donors (Lipinski definition) is 0. The van der Waals surface area contributed by atoms with Crippen molar-refractivity contribution < 1.29 is 4.42 Å². The van der Waals surface area contributed by atoms with Crippen LogP contribution in [0.3, 0.4) is 0 Å². The molecule has 0 aliphatic carbocycles. The van der Waals surface area contributed by atoms with Gasteiger partial charge < -0.3 is 4.42 Å². The SMILES string of the molecule is CC(CCc1ccccc1)C(=S)Sc1ccco1. The van der Waals surface area contributed by atoms with Gasteiger partial charge in [-0.15, -0.1) is 0 Å². The first-order chi connectivity index (χ1) is 8.75. The minimum atomic E-state index is 0.412. The van der Waals surface area contributed by atoms with Crippen molar-refractivity contribution in [1.29, 1.82) is 0 Å². The lowest BCUT2D eigenvalue weighted by atomic mass is 10.0. The third-order valence-electron chi connectivity index (χ3n) is 2.81. The van der Waals surface area contributed by atoms with E-state index in [1.54, 1.807) is 18.0 Å². The summed E-state index contributed by atoms with van der Waals surface area (Å²) in [6.07, 6.45) is 3.83. The van der Waals surface area contributed by atoms with Crippen LogP contribution in [0.4, 0.5) is 0 Å². The van der Waals surface area contributed by atoms with E-state index >= 15 is 0 Å². The van der Waals surface area contributed by atoms with Gasteiger partial charge in [-0.05, 0) is 48.2 Å². The average Bonchev–Trinajstić information content (AvgIpc) is 2.90. The quantitative estimate of drug-likeness (QED) is 0.565. The van der Waals surface area contributed by atoms with Gasteiger partial charge in [0.1, 0.15) is 0 Å². The van der Waals surface area contributed by atoms with E-state index in [0.717, 1.165) is 22.1 Å². The molecule has 1 aromatic carbocycles. The zero-order chi connectivity index (χ0) is 12.8. The zero-order valence-corrected chi connectivity index (χ0v) is 12.0. The summed E-state index contributed by atoms with van der Waals surface area (Å²) in [5, 5.41) is 0.881. The van der Waals surface area contributed by atoms with Crippen LogP contribution in [0, 0.1) is 5.92 Å². The van der Waals surface area contributed by atoms with Gasteiger partial charge in [0, 0.05) is 0 Å². The Kier molecular flexibility index (Phi) is 5.02. The van der Waals surface area contributed by atoms with E-state index in [1.165, 1.54) is 5.56 Å². The summed E-state index contributed by atoms with van der Waals surface area (Å²) < 4.78 is 6.29. The minimum absolute atomic E-state index is 0.412. The fourth-order valence-electron chi connectivity index (χ4n) is 1.67. The van der Waals surface area contributed by atoms with Crippen molar-refractivity contribution in [3.63, 3.8) is 0 Å². The Morgan fingerprint density at radius 2 is 2.00 bits per heavy atom. The molecule has 0 saturated carbocycles. The predicted octanol–water partition coefficient (Wildman–Crippen LogP) is 4.97. The van der Waals surface area contributed by atoms with Crippen molar-refractivity contribution >= 4 is 28.2 Å². The summed E-state index contributed by atoms with van der Waals surface area (Å²) in [5.74, 6) is 0.412. The second-order valence-corrected chi connectivity index (χ2v) is 6.02. The molecular formula is C15H16OS2. The first kappa shape index (κ1) is 13.4. The van der Waals surface area contributed by atoms with Gasteiger partial charge in [-0.2, -0.15) is 0 Å². The molecule has 0 aliphatic rings. The minimum Gasteiger partial charge on any atom is -0.458 e. The Morgan fingerprint density at radius 3 is 2.67 bits per heavy atom. The summed E-state index contributed by atoms with van der Waals surface area (Å²) in [6.45, 7) is 2.18. The van der Waals surface area contributed by atoms with Crippen LogP contribution in [0.1, 0.15) is 18.9 Å². The number of thiocarbonyl (C=S) groups is 1. The Hall–Kier alpha value is -1.06. The molecular weight excluding hydrogens is 260 g/mol. The fourth-order valence-corrected chi connectivity index (χ4v) is 2.80. The maximum Gasteiger partial charge on any atom is 0.165 e. The second kappa shape index (κ2) is 6.76. The molecule has 0 saturated heterocycles. The molecule has 1 unspecified atom stereocenters. The third-order valence-corrected chi connectivity index (χ3v) is 4.50. The third kappa shape index (κ3) is 4.00. The molecule has 1 atom stereocenters. The van der Waals surface area contributed by atoms with Gasteiger partial charge in [-0.3, -0.25) is 0 Å². The number of aryl methyl sites for hydroxylation is 1. The van der Waals surface area contributed by atoms with Gasteiger partial charge in [0.2, 0.25) is 0 Å². The lowest BCUT2D eigenvalue weighted by Crippen LogP contribution is -2.05. The van der Waals surface area contributed by atoms with Crippen LogP contribution in [0.25, 0.3) is 0 Å². The summed E-state index contributed by atoms with van der Waals surface area (Å²) in [7, 11) is 0. The fraction of sp³-hybridized carbons (Fsp3) is 0.267. The van der Waals surface area contributed by atoms with Gasteiger partial charge >= 0.3 is 0 Å². The van der Waals surface area contributed by atoms with Gasteiger partial charge in [-0.25, -0.2) is 0 Å². The number of hydrogen-bond acceptors (Lipinski definition) is 3. The van der Waals surface area contributed by atoms with Crippen molar-refractivity contribution in [2.75, 3.05) is 0 Å². The van der Waals surface area contributed by atoms with Crippen molar-refractivity contribution in [3.05, 3.63) is 54.3 Å². The Bertz CT molecular complexity index is 476. The molecule has 1 aromatic heterocycles. The summed E-state index contributed by atoms with van der Waals surface area (Å²) in [6, 6.07) is 14.4. The Morgan fingerprint density at radius 1 is 1.22 bits per heavy atom. The van der Waals surface area contributed by atoms with Gasteiger partial charge in [0.15, 0.2) is 5.09 Å². The zero-order valence-electron chi connectivity index (χ0n) is 10.3. The molecule has 94 valence electrons. The first-order valence-electron chi connectivity index (χ1n) is 6.05. The van der Waals surface area contributed by atoms with Crippen LogP contribution in [-0.4, -0.2) is 4.20 Å². The summed E-state index contributed by atoms with van der Waals surface area (Å²) in [4.78, 5) is 0. The molecule has 0 fully saturated rings.